The first-order chi connectivity index (χ1) is 11.8. The van der Waals surface area contributed by atoms with Gasteiger partial charge < -0.3 is 15.4 Å². The number of rotatable bonds is 5. The van der Waals surface area contributed by atoms with Gasteiger partial charge in [-0.1, -0.05) is 30.3 Å². The summed E-state index contributed by atoms with van der Waals surface area (Å²) in [7, 11) is 0. The summed E-state index contributed by atoms with van der Waals surface area (Å²) in [6.07, 6.45) is 3.21. The third kappa shape index (κ3) is 4.97. The number of ether oxygens (including phenoxy) is 1. The molecule has 1 fully saturated rings. The second-order valence-corrected chi connectivity index (χ2v) is 6.18. The smallest absolute Gasteiger partial charge is 0.254 e. The van der Waals surface area contributed by atoms with Crippen molar-refractivity contribution in [3.05, 3.63) is 65.7 Å². The van der Waals surface area contributed by atoms with E-state index in [9.17, 15) is 4.79 Å². The van der Waals surface area contributed by atoms with Crippen molar-refractivity contribution in [2.24, 2.45) is 5.73 Å². The van der Waals surface area contributed by atoms with Crippen LogP contribution in [-0.4, -0.2) is 29.9 Å². The zero-order chi connectivity index (χ0) is 16.8. The molecule has 2 N–H and O–H groups in total. The van der Waals surface area contributed by atoms with Crippen molar-refractivity contribution in [1.29, 1.82) is 0 Å². The number of piperidine rings is 1. The number of carbonyl (C=O) groups excluding carboxylic acids is 1. The van der Waals surface area contributed by atoms with Gasteiger partial charge in [0.25, 0.3) is 5.91 Å². The Hall–Kier alpha value is -2.04. The molecule has 1 aliphatic rings. The molecule has 4 nitrogen and oxygen atoms in total. The van der Waals surface area contributed by atoms with E-state index < -0.39 is 0 Å². The average molecular weight is 361 g/mol. The molecule has 1 saturated heterocycles. The summed E-state index contributed by atoms with van der Waals surface area (Å²) in [5, 5.41) is 0. The number of carbonyl (C=O) groups is 1. The summed E-state index contributed by atoms with van der Waals surface area (Å²) >= 11 is 0. The van der Waals surface area contributed by atoms with Crippen LogP contribution < -0.4 is 10.5 Å². The third-order valence-electron chi connectivity index (χ3n) is 4.51. The van der Waals surface area contributed by atoms with Gasteiger partial charge in [0.05, 0.1) is 0 Å². The molecule has 1 unspecified atom stereocenters. The van der Waals surface area contributed by atoms with Crippen molar-refractivity contribution in [2.45, 2.75) is 31.9 Å². The lowest BCUT2D eigenvalue weighted by molar-refractivity contribution is 0.0623. The lowest BCUT2D eigenvalue weighted by Crippen LogP contribution is -2.47. The van der Waals surface area contributed by atoms with Gasteiger partial charge >= 0.3 is 0 Å². The first kappa shape index (κ1) is 19.3. The van der Waals surface area contributed by atoms with E-state index in [0.29, 0.717) is 18.7 Å². The summed E-state index contributed by atoms with van der Waals surface area (Å²) in [4.78, 5) is 14.6. The van der Waals surface area contributed by atoms with Crippen molar-refractivity contribution < 1.29 is 9.53 Å². The Bertz CT molecular complexity index is 661. The monoisotopic (exact) mass is 360 g/mol. The zero-order valence-corrected chi connectivity index (χ0v) is 15.1. The Morgan fingerprint density at radius 1 is 1.08 bits per heavy atom. The van der Waals surface area contributed by atoms with Crippen LogP contribution in [0.4, 0.5) is 0 Å². The highest BCUT2D eigenvalue weighted by Gasteiger charge is 2.26. The minimum Gasteiger partial charge on any atom is -0.489 e. The quantitative estimate of drug-likeness (QED) is 0.885. The summed E-state index contributed by atoms with van der Waals surface area (Å²) in [6, 6.07) is 17.6. The van der Waals surface area contributed by atoms with Crippen molar-refractivity contribution in [2.75, 3.05) is 13.1 Å². The fourth-order valence-electron chi connectivity index (χ4n) is 3.11. The first-order valence-corrected chi connectivity index (χ1v) is 8.56. The number of amides is 1. The molecule has 0 saturated carbocycles. The van der Waals surface area contributed by atoms with E-state index in [1.165, 1.54) is 0 Å². The third-order valence-corrected chi connectivity index (χ3v) is 4.51. The van der Waals surface area contributed by atoms with Gasteiger partial charge in [0.15, 0.2) is 0 Å². The van der Waals surface area contributed by atoms with Crippen molar-refractivity contribution >= 4 is 18.3 Å². The molecular weight excluding hydrogens is 336 g/mol. The fraction of sp³-hybridized carbons (Fsp3) is 0.350. The Morgan fingerprint density at radius 2 is 1.80 bits per heavy atom. The summed E-state index contributed by atoms with van der Waals surface area (Å²) in [5.41, 5.74) is 7.63. The highest BCUT2D eigenvalue weighted by molar-refractivity contribution is 5.94. The highest BCUT2D eigenvalue weighted by atomic mass is 35.5. The molecule has 0 aromatic heterocycles. The van der Waals surface area contributed by atoms with Gasteiger partial charge in [-0.3, -0.25) is 4.79 Å². The topological polar surface area (TPSA) is 55.6 Å². The van der Waals surface area contributed by atoms with Gasteiger partial charge in [-0.15, -0.1) is 12.4 Å². The molecule has 25 heavy (non-hydrogen) atoms. The molecule has 134 valence electrons. The second-order valence-electron chi connectivity index (χ2n) is 6.18. The van der Waals surface area contributed by atoms with E-state index >= 15 is 0 Å². The van der Waals surface area contributed by atoms with E-state index in [2.05, 4.69) is 0 Å². The van der Waals surface area contributed by atoms with Gasteiger partial charge in [0.2, 0.25) is 0 Å². The standard InChI is InChI=1S/C20H24N2O2.ClH/c21-14-18-8-4-5-13-22(18)20(23)17-9-11-19(12-10-17)24-15-16-6-2-1-3-7-16;/h1-3,6-7,9-12,18H,4-5,8,13-15,21H2;1H. The van der Waals surface area contributed by atoms with E-state index in [1.54, 1.807) is 0 Å². The lowest BCUT2D eigenvalue weighted by Gasteiger charge is -2.35. The van der Waals surface area contributed by atoms with Gasteiger partial charge in [-0.25, -0.2) is 0 Å². The number of nitrogens with zero attached hydrogens (tertiary/aromatic N) is 1. The molecule has 1 aliphatic heterocycles. The molecule has 0 radical (unpaired) electrons. The van der Waals surface area contributed by atoms with Crippen molar-refractivity contribution in [3.63, 3.8) is 0 Å². The predicted octanol–water partition coefficient (Wildman–Crippen LogP) is 3.64. The number of hydrogen-bond acceptors (Lipinski definition) is 3. The number of likely N-dealkylation sites (tertiary alicyclic amines) is 1. The predicted molar refractivity (Wildman–Crippen MR) is 102 cm³/mol. The largest absolute Gasteiger partial charge is 0.489 e. The van der Waals surface area contributed by atoms with Gasteiger partial charge in [-0.2, -0.15) is 0 Å². The summed E-state index contributed by atoms with van der Waals surface area (Å²) in [6.45, 7) is 1.85. The molecule has 2 aromatic rings. The first-order valence-electron chi connectivity index (χ1n) is 8.56. The Balaban J connectivity index is 0.00000225. The zero-order valence-electron chi connectivity index (χ0n) is 14.3. The Morgan fingerprint density at radius 3 is 2.48 bits per heavy atom. The summed E-state index contributed by atoms with van der Waals surface area (Å²) in [5.74, 6) is 0.837. The van der Waals surface area contributed by atoms with E-state index in [1.807, 2.05) is 59.5 Å². The molecule has 1 amide bonds. The molecule has 5 heteroatoms. The van der Waals surface area contributed by atoms with Gasteiger partial charge in [-0.05, 0) is 49.1 Å². The van der Waals surface area contributed by atoms with Crippen molar-refractivity contribution in [3.8, 4) is 5.75 Å². The van der Waals surface area contributed by atoms with Crippen LogP contribution in [0, 0.1) is 0 Å². The van der Waals surface area contributed by atoms with Crippen LogP contribution in [-0.2, 0) is 6.61 Å². The van der Waals surface area contributed by atoms with Crippen LogP contribution >= 0.6 is 12.4 Å². The molecule has 1 heterocycles. The molecule has 1 atom stereocenters. The van der Waals surface area contributed by atoms with E-state index in [0.717, 1.165) is 37.1 Å². The molecular formula is C20H25ClN2O2. The van der Waals surface area contributed by atoms with Crippen LogP contribution in [0.5, 0.6) is 5.75 Å². The molecule has 0 spiro atoms. The van der Waals surface area contributed by atoms with Gasteiger partial charge in [0, 0.05) is 24.7 Å². The minimum absolute atomic E-state index is 0. The van der Waals surface area contributed by atoms with Crippen LogP contribution in [0.3, 0.4) is 0 Å². The van der Waals surface area contributed by atoms with Crippen LogP contribution in [0.25, 0.3) is 0 Å². The van der Waals surface area contributed by atoms with E-state index in [4.69, 9.17) is 10.5 Å². The molecule has 2 aromatic carbocycles. The second kappa shape index (κ2) is 9.44. The average Bonchev–Trinajstić information content (AvgIpc) is 2.67. The SMILES string of the molecule is Cl.NCC1CCCCN1C(=O)c1ccc(OCc2ccccc2)cc1. The van der Waals surface area contributed by atoms with Gasteiger partial charge in [0.1, 0.15) is 12.4 Å². The van der Waals surface area contributed by atoms with E-state index in [-0.39, 0.29) is 24.4 Å². The Kier molecular flexibility index (Phi) is 7.29. The number of nitrogens with two attached hydrogens (primary N) is 1. The maximum atomic E-state index is 12.7. The van der Waals surface area contributed by atoms with Crippen LogP contribution in [0.2, 0.25) is 0 Å². The number of benzene rings is 2. The molecule has 0 bridgehead atoms. The van der Waals surface area contributed by atoms with Crippen LogP contribution in [0.15, 0.2) is 54.6 Å². The maximum absolute atomic E-state index is 12.7. The molecule has 3 rings (SSSR count). The van der Waals surface area contributed by atoms with Crippen molar-refractivity contribution in [1.82, 2.24) is 4.90 Å². The summed E-state index contributed by atoms with van der Waals surface area (Å²) < 4.78 is 5.77. The molecule has 0 aliphatic carbocycles. The number of halogens is 1. The fourth-order valence-corrected chi connectivity index (χ4v) is 3.11. The number of hydrogen-bond donors (Lipinski definition) is 1. The highest BCUT2D eigenvalue weighted by Crippen LogP contribution is 2.21. The normalized spacial score (nSPS) is 16.8. The van der Waals surface area contributed by atoms with Crippen LogP contribution in [0.1, 0.15) is 35.2 Å². The maximum Gasteiger partial charge on any atom is 0.254 e. The Labute approximate surface area is 155 Å². The lowest BCUT2D eigenvalue weighted by atomic mass is 10.0. The minimum atomic E-state index is 0.